The topological polar surface area (TPSA) is 24.9 Å². The zero-order chi connectivity index (χ0) is 13.7. The van der Waals surface area contributed by atoms with E-state index in [-0.39, 0.29) is 5.13 Å². The largest absolute Gasteiger partial charge is 0.311 e. The second kappa shape index (κ2) is 4.60. The number of fused-ring (bicyclic) bond motifs is 2. The highest BCUT2D eigenvalue weighted by atomic mass is 32.1. The van der Waals surface area contributed by atoms with E-state index in [4.69, 9.17) is 0 Å². The van der Waals surface area contributed by atoms with Crippen molar-refractivity contribution in [1.29, 1.82) is 0 Å². The van der Waals surface area contributed by atoms with E-state index in [0.29, 0.717) is 28.4 Å². The third kappa shape index (κ3) is 1.96. The number of thiophene rings is 1. The molecule has 2 saturated heterocycles. The van der Waals surface area contributed by atoms with Crippen molar-refractivity contribution >= 4 is 11.3 Å². The van der Waals surface area contributed by atoms with E-state index < -0.39 is 5.95 Å². The molecule has 2 nitrogen and oxygen atoms in total. The van der Waals surface area contributed by atoms with Crippen molar-refractivity contribution in [2.24, 2.45) is 0 Å². The summed E-state index contributed by atoms with van der Waals surface area (Å²) >= 11 is 0.959. The van der Waals surface area contributed by atoms with Gasteiger partial charge in [0.05, 0.1) is 0 Å². The lowest BCUT2D eigenvalue weighted by molar-refractivity contribution is 0.502. The Morgan fingerprint density at radius 3 is 2.80 bits per heavy atom. The van der Waals surface area contributed by atoms with Gasteiger partial charge in [-0.3, -0.25) is 0 Å². The molecule has 1 N–H and O–H groups in total. The highest BCUT2D eigenvalue weighted by Crippen LogP contribution is 2.41. The Kier molecular flexibility index (Phi) is 2.86. The second-order valence-corrected chi connectivity index (χ2v) is 6.63. The van der Waals surface area contributed by atoms with E-state index in [1.54, 1.807) is 12.3 Å². The van der Waals surface area contributed by atoms with Crippen molar-refractivity contribution in [3.63, 3.8) is 0 Å². The average molecular weight is 292 g/mol. The van der Waals surface area contributed by atoms with Crippen molar-refractivity contribution in [1.82, 2.24) is 10.3 Å². The Hall–Kier alpha value is -1.33. The Labute approximate surface area is 119 Å². The van der Waals surface area contributed by atoms with Crippen molar-refractivity contribution in [3.8, 4) is 10.4 Å². The maximum Gasteiger partial charge on any atom is 0.221 e. The molecule has 0 amide bonds. The zero-order valence-corrected chi connectivity index (χ0v) is 11.6. The predicted octanol–water partition coefficient (Wildman–Crippen LogP) is 3.70. The summed E-state index contributed by atoms with van der Waals surface area (Å²) in [5.41, 5.74) is 1.48. The first-order valence-corrected chi connectivity index (χ1v) is 7.69. The number of aromatic nitrogens is 1. The fourth-order valence-electron chi connectivity index (χ4n) is 3.49. The number of halogens is 2. The SMILES string of the molecule is Fc1ccc(-c2cc(C3CC4CCC3N4)cnc2F)s1. The van der Waals surface area contributed by atoms with Crippen molar-refractivity contribution in [2.45, 2.75) is 37.3 Å². The van der Waals surface area contributed by atoms with Crippen LogP contribution in [0.1, 0.15) is 30.7 Å². The molecular formula is C15H14F2N2S. The maximum absolute atomic E-state index is 13.9. The standard InChI is InChI=1S/C15H14F2N2S/c16-14-4-3-13(20-14)11-5-8(7-18-15(11)17)10-6-9-1-2-12(10)19-9/h3-5,7,9-10,12,19H,1-2,6H2. The smallest absolute Gasteiger partial charge is 0.221 e. The summed E-state index contributed by atoms with van der Waals surface area (Å²) in [5.74, 6) is -0.114. The molecule has 0 aliphatic carbocycles. The van der Waals surface area contributed by atoms with Crippen LogP contribution in [0.25, 0.3) is 10.4 Å². The summed E-state index contributed by atoms with van der Waals surface area (Å²) < 4.78 is 27.0. The highest BCUT2D eigenvalue weighted by Gasteiger charge is 2.40. The van der Waals surface area contributed by atoms with Gasteiger partial charge in [0, 0.05) is 34.6 Å². The number of rotatable bonds is 2. The van der Waals surface area contributed by atoms with Crippen LogP contribution in [0.3, 0.4) is 0 Å². The Morgan fingerprint density at radius 2 is 2.15 bits per heavy atom. The molecule has 4 heterocycles. The summed E-state index contributed by atoms with van der Waals surface area (Å²) in [4.78, 5) is 4.48. The summed E-state index contributed by atoms with van der Waals surface area (Å²) in [7, 11) is 0. The Balaban J connectivity index is 1.72. The van der Waals surface area contributed by atoms with Crippen molar-refractivity contribution in [3.05, 3.63) is 41.0 Å². The van der Waals surface area contributed by atoms with E-state index in [1.165, 1.54) is 18.9 Å². The first-order chi connectivity index (χ1) is 9.70. The highest BCUT2D eigenvalue weighted by molar-refractivity contribution is 7.13. The minimum absolute atomic E-state index is 0.300. The van der Waals surface area contributed by atoms with E-state index in [2.05, 4.69) is 10.3 Å². The van der Waals surface area contributed by atoms with E-state index >= 15 is 0 Å². The molecule has 3 atom stereocenters. The number of nitrogens with zero attached hydrogens (tertiary/aromatic N) is 1. The molecule has 5 heteroatoms. The molecule has 2 aliphatic rings. The monoisotopic (exact) mass is 292 g/mol. The average Bonchev–Trinajstić information content (AvgIpc) is 3.15. The molecule has 0 spiro atoms. The quantitative estimate of drug-likeness (QED) is 0.854. The van der Waals surface area contributed by atoms with Gasteiger partial charge in [0.2, 0.25) is 5.95 Å². The third-order valence-corrected chi connectivity index (χ3v) is 5.33. The molecule has 20 heavy (non-hydrogen) atoms. The van der Waals surface area contributed by atoms with E-state index in [1.807, 2.05) is 6.07 Å². The van der Waals surface area contributed by atoms with Gasteiger partial charge in [0.15, 0.2) is 5.13 Å². The lowest BCUT2D eigenvalue weighted by Crippen LogP contribution is -2.21. The van der Waals surface area contributed by atoms with Gasteiger partial charge in [-0.15, -0.1) is 11.3 Å². The minimum Gasteiger partial charge on any atom is -0.311 e. The molecule has 2 bridgehead atoms. The summed E-state index contributed by atoms with van der Waals surface area (Å²) in [6.07, 6.45) is 5.14. The van der Waals surface area contributed by atoms with Crippen molar-refractivity contribution < 1.29 is 8.78 Å². The van der Waals surface area contributed by atoms with Crippen LogP contribution in [-0.2, 0) is 0 Å². The summed E-state index contributed by atoms with van der Waals surface area (Å²) in [6.45, 7) is 0. The second-order valence-electron chi connectivity index (χ2n) is 5.60. The molecule has 104 valence electrons. The molecule has 2 fully saturated rings. The van der Waals surface area contributed by atoms with E-state index in [0.717, 1.165) is 23.3 Å². The number of hydrogen-bond acceptors (Lipinski definition) is 3. The molecule has 2 aliphatic heterocycles. The number of pyridine rings is 1. The van der Waals surface area contributed by atoms with Gasteiger partial charge in [0.25, 0.3) is 0 Å². The molecule has 0 aromatic carbocycles. The molecule has 0 saturated carbocycles. The summed E-state index contributed by atoms with van der Waals surface area (Å²) in [5, 5.41) is 3.28. The van der Waals surface area contributed by atoms with Gasteiger partial charge in [-0.25, -0.2) is 4.98 Å². The Morgan fingerprint density at radius 1 is 1.25 bits per heavy atom. The molecule has 2 aromatic rings. The molecule has 4 rings (SSSR count). The lowest BCUT2D eigenvalue weighted by Gasteiger charge is -2.20. The first kappa shape index (κ1) is 12.4. The van der Waals surface area contributed by atoms with Crippen LogP contribution in [0.4, 0.5) is 8.78 Å². The van der Waals surface area contributed by atoms with Crippen LogP contribution < -0.4 is 5.32 Å². The first-order valence-electron chi connectivity index (χ1n) is 6.88. The zero-order valence-electron chi connectivity index (χ0n) is 10.8. The van der Waals surface area contributed by atoms with Crippen molar-refractivity contribution in [2.75, 3.05) is 0 Å². The molecular weight excluding hydrogens is 278 g/mol. The fourth-order valence-corrected chi connectivity index (χ4v) is 4.23. The van der Waals surface area contributed by atoms with E-state index in [9.17, 15) is 8.78 Å². The third-order valence-electron chi connectivity index (χ3n) is 4.43. The van der Waals surface area contributed by atoms with Gasteiger partial charge in [-0.2, -0.15) is 8.78 Å². The molecule has 0 radical (unpaired) electrons. The normalized spacial score (nSPS) is 28.2. The number of nitrogens with one attached hydrogen (secondary N) is 1. The predicted molar refractivity (Wildman–Crippen MR) is 74.8 cm³/mol. The van der Waals surface area contributed by atoms with Crippen LogP contribution >= 0.6 is 11.3 Å². The van der Waals surface area contributed by atoms with Crippen LogP contribution in [-0.4, -0.2) is 17.1 Å². The van der Waals surface area contributed by atoms with Crippen LogP contribution in [0.15, 0.2) is 24.4 Å². The Bertz CT molecular complexity index is 655. The van der Waals surface area contributed by atoms with Crippen LogP contribution in [0.5, 0.6) is 0 Å². The van der Waals surface area contributed by atoms with Crippen LogP contribution in [0.2, 0.25) is 0 Å². The van der Waals surface area contributed by atoms with Crippen LogP contribution in [0, 0.1) is 11.1 Å². The lowest BCUT2D eigenvalue weighted by atomic mass is 9.84. The summed E-state index contributed by atoms with van der Waals surface area (Å²) in [6, 6.07) is 5.91. The van der Waals surface area contributed by atoms with Gasteiger partial charge in [-0.1, -0.05) is 0 Å². The fraction of sp³-hybridized carbons (Fsp3) is 0.400. The van der Waals surface area contributed by atoms with Gasteiger partial charge >= 0.3 is 0 Å². The molecule has 2 aromatic heterocycles. The number of hydrogen-bond donors (Lipinski definition) is 1. The van der Waals surface area contributed by atoms with Gasteiger partial charge < -0.3 is 5.32 Å². The minimum atomic E-state index is -0.522. The molecule has 3 unspecified atom stereocenters. The van der Waals surface area contributed by atoms with Gasteiger partial charge in [-0.05, 0) is 43.0 Å². The maximum atomic E-state index is 13.9. The van der Waals surface area contributed by atoms with Gasteiger partial charge in [0.1, 0.15) is 0 Å².